The Hall–Kier alpha value is -3.83. The summed E-state index contributed by atoms with van der Waals surface area (Å²) in [4.78, 5) is 0.875. The Kier molecular flexibility index (Phi) is 9.69. The van der Waals surface area contributed by atoms with Gasteiger partial charge < -0.3 is 20.6 Å². The summed E-state index contributed by atoms with van der Waals surface area (Å²) in [5, 5.41) is 30.1. The smallest absolute Gasteiger partial charge is 0.143 e. The van der Waals surface area contributed by atoms with Crippen molar-refractivity contribution in [1.82, 2.24) is 11.0 Å². The molecule has 1 aromatic heterocycles. The Bertz CT molecular complexity index is 1220. The number of hydrazone groups is 2. The molecular formula is C24H27N7O2S2. The van der Waals surface area contributed by atoms with Crippen molar-refractivity contribution in [2.45, 2.75) is 19.9 Å². The molecule has 0 saturated heterocycles. The van der Waals surface area contributed by atoms with Gasteiger partial charge in [-0.15, -0.1) is 11.3 Å². The average Bonchev–Trinajstić information content (AvgIpc) is 3.49. The van der Waals surface area contributed by atoms with Crippen LogP contribution < -0.4 is 21.0 Å². The fraction of sp³-hybridized carbons (Fsp3) is 0.208. The maximum absolute atomic E-state index is 10.4. The molecule has 0 atom stereocenters. The van der Waals surface area contributed by atoms with Crippen LogP contribution in [0.15, 0.2) is 68.4 Å². The second-order valence-corrected chi connectivity index (χ2v) is 8.40. The molecule has 11 heteroatoms. The first-order valence-corrected chi connectivity index (χ1v) is 12.1. The lowest BCUT2D eigenvalue weighted by atomic mass is 10.1. The van der Waals surface area contributed by atoms with E-state index >= 15 is 0 Å². The lowest BCUT2D eigenvalue weighted by molar-refractivity contribution is 0.357. The van der Waals surface area contributed by atoms with Crippen LogP contribution in [0.2, 0.25) is 0 Å². The number of anilines is 1. The molecule has 0 radical (unpaired) electrons. The van der Waals surface area contributed by atoms with Crippen LogP contribution in [0, 0.1) is 0 Å². The summed E-state index contributed by atoms with van der Waals surface area (Å²) in [5.41, 5.74) is 12.2. The number of hydrogen-bond donors (Lipinski definition) is 4. The lowest BCUT2D eigenvalue weighted by Gasteiger charge is -2.04. The number of ether oxygens (including phenoxy) is 1. The maximum atomic E-state index is 10.4. The van der Waals surface area contributed by atoms with Crippen LogP contribution in [0.25, 0.3) is 10.4 Å². The normalized spacial score (nSPS) is 12.2. The van der Waals surface area contributed by atoms with Crippen LogP contribution >= 0.6 is 23.6 Å². The third-order valence-electron chi connectivity index (χ3n) is 4.98. The van der Waals surface area contributed by atoms with Gasteiger partial charge in [0.2, 0.25) is 0 Å². The molecule has 0 spiro atoms. The fourth-order valence-electron chi connectivity index (χ4n) is 3.38. The van der Waals surface area contributed by atoms with Crippen molar-refractivity contribution in [3.05, 3.63) is 64.5 Å². The first kappa shape index (κ1) is 25.8. The molecule has 3 aromatic rings. The molecule has 0 amide bonds. The van der Waals surface area contributed by atoms with Crippen molar-refractivity contribution in [3.8, 4) is 21.9 Å². The van der Waals surface area contributed by atoms with E-state index in [1.807, 2.05) is 48.7 Å². The van der Waals surface area contributed by atoms with Crippen LogP contribution in [0.5, 0.6) is 11.5 Å². The number of benzene rings is 2. The molecule has 9 nitrogen and oxygen atoms in total. The summed E-state index contributed by atoms with van der Waals surface area (Å²) < 4.78 is 5.51. The highest BCUT2D eigenvalue weighted by Gasteiger charge is 2.18. The van der Waals surface area contributed by atoms with Crippen LogP contribution in [-0.4, -0.2) is 36.7 Å². The third-order valence-corrected chi connectivity index (χ3v) is 6.11. The van der Waals surface area contributed by atoms with Crippen molar-refractivity contribution < 1.29 is 9.84 Å². The Morgan fingerprint density at radius 2 is 2.14 bits per heavy atom. The van der Waals surface area contributed by atoms with E-state index in [0.717, 1.165) is 51.7 Å². The van der Waals surface area contributed by atoms with Crippen molar-refractivity contribution in [1.29, 1.82) is 0 Å². The van der Waals surface area contributed by atoms with Gasteiger partial charge in [-0.05, 0) is 53.9 Å². The van der Waals surface area contributed by atoms with E-state index in [4.69, 9.17) is 17.0 Å². The van der Waals surface area contributed by atoms with Gasteiger partial charge in [0.1, 0.15) is 11.5 Å². The summed E-state index contributed by atoms with van der Waals surface area (Å²) in [5.74, 6) is 1.25. The van der Waals surface area contributed by atoms with Crippen molar-refractivity contribution in [3.63, 3.8) is 0 Å². The van der Waals surface area contributed by atoms with Crippen LogP contribution in [0.4, 0.5) is 5.69 Å². The minimum Gasteiger partial charge on any atom is -0.506 e. The molecule has 1 aliphatic rings. The van der Waals surface area contributed by atoms with Gasteiger partial charge >= 0.3 is 0 Å². The van der Waals surface area contributed by atoms with Crippen molar-refractivity contribution in [2.75, 3.05) is 19.0 Å². The van der Waals surface area contributed by atoms with Gasteiger partial charge in [0, 0.05) is 31.3 Å². The standard InChI is InChI=1S/C15H16N2O2S.C9H11N5S/c1-9(17-16-2)12-8-20-15(14(12)18)11-3-4-13-10(7-11)5-6-19-13;1-10-13-14-12-6-8-3-2-4-9(5-8)11-7-15/h3-4,7-8,16,18H,5-6H2,1-2H3;2-5,7H,1,6H2,(H,11,15)(H,12,13)/b17-9+;. The summed E-state index contributed by atoms with van der Waals surface area (Å²) >= 11 is 6.22. The number of nitrogens with zero attached hydrogens (tertiary/aromatic N) is 4. The second kappa shape index (κ2) is 13.2. The van der Waals surface area contributed by atoms with Gasteiger partial charge in [-0.3, -0.25) is 0 Å². The Labute approximate surface area is 213 Å². The number of fused-ring (bicyclic) bond motifs is 1. The molecule has 0 aliphatic carbocycles. The molecule has 35 heavy (non-hydrogen) atoms. The zero-order valence-corrected chi connectivity index (χ0v) is 21.1. The minimum atomic E-state index is 0.297. The number of thiophene rings is 1. The zero-order chi connectivity index (χ0) is 25.0. The van der Waals surface area contributed by atoms with Gasteiger partial charge in [0.15, 0.2) is 0 Å². The molecule has 2 heterocycles. The molecule has 2 aromatic carbocycles. The summed E-state index contributed by atoms with van der Waals surface area (Å²) in [6, 6.07) is 13.8. The molecule has 0 saturated carbocycles. The monoisotopic (exact) mass is 509 g/mol. The fourth-order valence-corrected chi connectivity index (χ4v) is 4.52. The van der Waals surface area contributed by atoms with Crippen molar-refractivity contribution in [2.24, 2.45) is 20.5 Å². The molecular weight excluding hydrogens is 482 g/mol. The van der Waals surface area contributed by atoms with E-state index in [1.54, 1.807) is 7.05 Å². The van der Waals surface area contributed by atoms with Gasteiger partial charge in [-0.25, -0.2) is 0 Å². The number of thiocarbonyl (C=S) groups is 1. The Morgan fingerprint density at radius 1 is 1.29 bits per heavy atom. The van der Waals surface area contributed by atoms with E-state index < -0.39 is 0 Å². The SMILES string of the molecule is C=NNN=NCc1cccc(NC=S)c1.CN/N=C(\C)c1csc(-c2ccc3c(c2)CCO3)c1O. The Morgan fingerprint density at radius 3 is 2.91 bits per heavy atom. The van der Waals surface area contributed by atoms with E-state index in [0.29, 0.717) is 12.3 Å². The van der Waals surface area contributed by atoms with E-state index in [2.05, 4.69) is 49.6 Å². The molecule has 0 unspecified atom stereocenters. The minimum absolute atomic E-state index is 0.297. The molecule has 4 rings (SSSR count). The quantitative estimate of drug-likeness (QED) is 0.138. The highest BCUT2D eigenvalue weighted by Crippen LogP contribution is 2.40. The predicted octanol–water partition coefficient (Wildman–Crippen LogP) is 5.13. The van der Waals surface area contributed by atoms with Crippen LogP contribution in [0.1, 0.15) is 23.6 Å². The van der Waals surface area contributed by atoms with Gasteiger partial charge in [0.25, 0.3) is 0 Å². The molecule has 0 fully saturated rings. The number of aromatic hydroxyl groups is 1. The molecule has 0 bridgehead atoms. The zero-order valence-electron chi connectivity index (χ0n) is 19.5. The lowest BCUT2D eigenvalue weighted by Crippen LogP contribution is -2.02. The summed E-state index contributed by atoms with van der Waals surface area (Å²) in [7, 11) is 1.74. The topological polar surface area (TPSA) is 115 Å². The van der Waals surface area contributed by atoms with E-state index in [9.17, 15) is 5.11 Å². The number of nitrogens with one attached hydrogen (secondary N) is 3. The Balaban J connectivity index is 0.000000205. The highest BCUT2D eigenvalue weighted by molar-refractivity contribution is 7.79. The summed E-state index contributed by atoms with van der Waals surface area (Å²) in [6.07, 6.45) is 0.933. The van der Waals surface area contributed by atoms with Crippen LogP contribution in [0.3, 0.4) is 0 Å². The number of rotatable bonds is 9. The average molecular weight is 510 g/mol. The van der Waals surface area contributed by atoms with E-state index in [1.165, 1.54) is 22.4 Å². The molecule has 182 valence electrons. The first-order valence-electron chi connectivity index (χ1n) is 10.7. The highest BCUT2D eigenvalue weighted by atomic mass is 32.1. The second-order valence-electron chi connectivity index (χ2n) is 7.29. The van der Waals surface area contributed by atoms with Crippen molar-refractivity contribution >= 4 is 47.2 Å². The molecule has 4 N–H and O–H groups in total. The van der Waals surface area contributed by atoms with Gasteiger partial charge in [-0.2, -0.15) is 20.9 Å². The maximum Gasteiger partial charge on any atom is 0.143 e. The predicted molar refractivity (Wildman–Crippen MR) is 147 cm³/mol. The van der Waals surface area contributed by atoms with Crippen LogP contribution in [-0.2, 0) is 13.0 Å². The van der Waals surface area contributed by atoms with E-state index in [-0.39, 0.29) is 0 Å². The van der Waals surface area contributed by atoms with Gasteiger partial charge in [-0.1, -0.05) is 29.6 Å². The first-order chi connectivity index (χ1) is 17.1. The third kappa shape index (κ3) is 7.08. The molecule has 1 aliphatic heterocycles. The number of hydrogen-bond acceptors (Lipinski definition) is 9. The van der Waals surface area contributed by atoms with Gasteiger partial charge in [0.05, 0.1) is 34.8 Å². The largest absolute Gasteiger partial charge is 0.506 e. The summed E-state index contributed by atoms with van der Waals surface area (Å²) in [6.45, 7) is 6.30.